The van der Waals surface area contributed by atoms with E-state index < -0.39 is 56.1 Å². The summed E-state index contributed by atoms with van der Waals surface area (Å²) in [6, 6.07) is 4.20. The van der Waals surface area contributed by atoms with Crippen molar-refractivity contribution in [2.75, 3.05) is 13.1 Å². The van der Waals surface area contributed by atoms with Crippen molar-refractivity contribution in [1.29, 1.82) is 0 Å². The Hall–Kier alpha value is -3.25. The van der Waals surface area contributed by atoms with Crippen LogP contribution in [0.2, 0.25) is 0 Å². The summed E-state index contributed by atoms with van der Waals surface area (Å²) >= 11 is 0. The second-order valence-electron chi connectivity index (χ2n) is 9.18. The van der Waals surface area contributed by atoms with Crippen molar-refractivity contribution < 1.29 is 36.0 Å². The van der Waals surface area contributed by atoms with Gasteiger partial charge in [-0.05, 0) is 54.5 Å². The van der Waals surface area contributed by atoms with Gasteiger partial charge < -0.3 is 4.90 Å². The van der Waals surface area contributed by atoms with Crippen molar-refractivity contribution in [1.82, 2.24) is 14.5 Å². The molecule has 3 heterocycles. The van der Waals surface area contributed by atoms with Crippen LogP contribution in [0.4, 0.5) is 13.2 Å². The van der Waals surface area contributed by atoms with Gasteiger partial charge in [0.2, 0.25) is 21.8 Å². The summed E-state index contributed by atoms with van der Waals surface area (Å²) in [5.41, 5.74) is 1.06. The van der Waals surface area contributed by atoms with E-state index in [1.54, 1.807) is 6.07 Å². The normalized spacial score (nSPS) is 21.6. The molecule has 0 saturated carbocycles. The lowest BCUT2D eigenvalue weighted by molar-refractivity contribution is -0.136. The number of hydrogen-bond acceptors (Lipinski definition) is 5. The number of nitrogens with one attached hydrogen (secondary N) is 1. The standard InChI is InChI=1S/C24H22F3N3O5S/c25-15-1-3-21(19(27)10-15)36(34,35)29-7-5-13(6-8-29)16-9-14-12-30(24(33)17(14)11-18(16)26)20-2-4-22(31)28-23(20)32/h1,3,9-11,13,20H,2,4-8,12H2,(H,28,31,32). The molecule has 2 aromatic carbocycles. The van der Waals surface area contributed by atoms with E-state index in [4.69, 9.17) is 0 Å². The Balaban J connectivity index is 1.32. The summed E-state index contributed by atoms with van der Waals surface area (Å²) in [5.74, 6) is -4.42. The molecular weight excluding hydrogens is 499 g/mol. The molecule has 1 unspecified atom stereocenters. The van der Waals surface area contributed by atoms with Crippen molar-refractivity contribution in [2.45, 2.75) is 49.1 Å². The molecule has 3 amide bonds. The Labute approximate surface area is 205 Å². The molecular formula is C24H22F3N3O5S. The second-order valence-corrected chi connectivity index (χ2v) is 11.1. The number of nitrogens with zero attached hydrogens (tertiary/aromatic N) is 2. The summed E-state index contributed by atoms with van der Waals surface area (Å²) < 4.78 is 69.2. The Morgan fingerprint density at radius 1 is 0.917 bits per heavy atom. The molecule has 2 saturated heterocycles. The van der Waals surface area contributed by atoms with Crippen LogP contribution in [-0.2, 0) is 26.2 Å². The number of carbonyl (C=O) groups excluding carboxylic acids is 3. The first kappa shape index (κ1) is 24.4. The third-order valence-electron chi connectivity index (χ3n) is 7.05. The molecule has 1 atom stereocenters. The van der Waals surface area contributed by atoms with Crippen LogP contribution in [0.3, 0.4) is 0 Å². The van der Waals surface area contributed by atoms with Crippen LogP contribution in [-0.4, -0.2) is 54.5 Å². The Morgan fingerprint density at radius 3 is 2.31 bits per heavy atom. The van der Waals surface area contributed by atoms with Crippen LogP contribution in [0.25, 0.3) is 0 Å². The zero-order valence-corrected chi connectivity index (χ0v) is 19.8. The third kappa shape index (κ3) is 4.17. The van der Waals surface area contributed by atoms with E-state index in [0.717, 1.165) is 22.5 Å². The number of sulfonamides is 1. The van der Waals surface area contributed by atoms with Gasteiger partial charge >= 0.3 is 0 Å². The zero-order chi connectivity index (χ0) is 25.8. The fraction of sp³-hybridized carbons (Fsp3) is 0.375. The Bertz CT molecular complexity index is 1390. The van der Waals surface area contributed by atoms with Crippen LogP contribution < -0.4 is 5.32 Å². The highest BCUT2D eigenvalue weighted by Crippen LogP contribution is 2.36. The molecule has 0 aromatic heterocycles. The fourth-order valence-corrected chi connectivity index (χ4v) is 6.67. The molecule has 0 bridgehead atoms. The van der Waals surface area contributed by atoms with Crippen LogP contribution in [0.15, 0.2) is 35.2 Å². The maximum absolute atomic E-state index is 15.1. The molecule has 0 aliphatic carbocycles. The molecule has 1 N–H and O–H groups in total. The molecule has 12 heteroatoms. The number of piperidine rings is 2. The maximum Gasteiger partial charge on any atom is 0.255 e. The number of halogens is 3. The lowest BCUT2D eigenvalue weighted by Gasteiger charge is -2.31. The van der Waals surface area contributed by atoms with Crippen molar-refractivity contribution in [3.05, 3.63) is 64.5 Å². The molecule has 0 radical (unpaired) electrons. The molecule has 5 rings (SSSR count). The number of amides is 3. The average Bonchev–Trinajstić information content (AvgIpc) is 3.13. The lowest BCUT2D eigenvalue weighted by Crippen LogP contribution is -2.52. The minimum Gasteiger partial charge on any atom is -0.322 e. The topological polar surface area (TPSA) is 104 Å². The smallest absolute Gasteiger partial charge is 0.255 e. The van der Waals surface area contributed by atoms with Crippen molar-refractivity contribution in [3.8, 4) is 0 Å². The molecule has 3 aliphatic rings. The van der Waals surface area contributed by atoms with E-state index in [0.29, 0.717) is 17.2 Å². The summed E-state index contributed by atoms with van der Waals surface area (Å²) in [5, 5.41) is 2.22. The highest BCUT2D eigenvalue weighted by Gasteiger charge is 2.40. The minimum atomic E-state index is -4.19. The molecule has 190 valence electrons. The average molecular weight is 522 g/mol. The highest BCUT2D eigenvalue weighted by molar-refractivity contribution is 7.89. The first-order chi connectivity index (χ1) is 17.1. The van der Waals surface area contributed by atoms with Gasteiger partial charge in [0.25, 0.3) is 5.91 Å². The van der Waals surface area contributed by atoms with Gasteiger partial charge in [-0.15, -0.1) is 0 Å². The number of carbonyl (C=O) groups is 3. The SMILES string of the molecule is O=C1CCC(N2Cc3cc(C4CCN(S(=O)(=O)c5ccc(F)cc5F)CC4)c(F)cc3C2=O)C(=O)N1. The Morgan fingerprint density at radius 2 is 1.64 bits per heavy atom. The number of imide groups is 1. The molecule has 8 nitrogen and oxygen atoms in total. The summed E-state index contributed by atoms with van der Waals surface area (Å²) in [6.07, 6.45) is 0.839. The van der Waals surface area contributed by atoms with Crippen LogP contribution >= 0.6 is 0 Å². The van der Waals surface area contributed by atoms with Gasteiger partial charge in [0.05, 0.1) is 0 Å². The number of fused-ring (bicyclic) bond motifs is 1. The fourth-order valence-electron chi connectivity index (χ4n) is 5.15. The Kier molecular flexibility index (Phi) is 6.11. The predicted octanol–water partition coefficient (Wildman–Crippen LogP) is 2.43. The van der Waals surface area contributed by atoms with Gasteiger partial charge in [0.1, 0.15) is 28.4 Å². The predicted molar refractivity (Wildman–Crippen MR) is 120 cm³/mol. The van der Waals surface area contributed by atoms with Gasteiger partial charge in [0, 0.05) is 37.7 Å². The third-order valence-corrected chi connectivity index (χ3v) is 8.98. The van der Waals surface area contributed by atoms with Gasteiger partial charge in [-0.25, -0.2) is 21.6 Å². The van der Waals surface area contributed by atoms with E-state index in [1.165, 1.54) is 4.90 Å². The molecule has 2 aromatic rings. The van der Waals surface area contributed by atoms with E-state index in [1.807, 2.05) is 0 Å². The van der Waals surface area contributed by atoms with E-state index in [-0.39, 0.29) is 56.8 Å². The first-order valence-electron chi connectivity index (χ1n) is 11.5. The van der Waals surface area contributed by atoms with Crippen molar-refractivity contribution >= 4 is 27.7 Å². The van der Waals surface area contributed by atoms with Gasteiger partial charge in [-0.1, -0.05) is 6.07 Å². The van der Waals surface area contributed by atoms with Gasteiger partial charge in [-0.3, -0.25) is 19.7 Å². The van der Waals surface area contributed by atoms with E-state index in [9.17, 15) is 31.6 Å². The summed E-state index contributed by atoms with van der Waals surface area (Å²) in [4.78, 5) is 37.2. The van der Waals surface area contributed by atoms with Gasteiger partial charge in [0.15, 0.2) is 0 Å². The quantitative estimate of drug-likeness (QED) is 0.623. The first-order valence-corrected chi connectivity index (χ1v) is 12.9. The van der Waals surface area contributed by atoms with Crippen molar-refractivity contribution in [3.63, 3.8) is 0 Å². The van der Waals surface area contributed by atoms with Gasteiger partial charge in [-0.2, -0.15) is 4.31 Å². The lowest BCUT2D eigenvalue weighted by atomic mass is 9.88. The molecule has 36 heavy (non-hydrogen) atoms. The second kappa shape index (κ2) is 9.00. The highest BCUT2D eigenvalue weighted by atomic mass is 32.2. The minimum absolute atomic E-state index is 0.0155. The zero-order valence-electron chi connectivity index (χ0n) is 19.0. The number of hydrogen-bond donors (Lipinski definition) is 1. The molecule has 0 spiro atoms. The van der Waals surface area contributed by atoms with Crippen LogP contribution in [0, 0.1) is 17.5 Å². The van der Waals surface area contributed by atoms with Crippen molar-refractivity contribution in [2.24, 2.45) is 0 Å². The van der Waals surface area contributed by atoms with Crippen LogP contribution in [0.5, 0.6) is 0 Å². The van der Waals surface area contributed by atoms with E-state index >= 15 is 4.39 Å². The van der Waals surface area contributed by atoms with Crippen LogP contribution in [0.1, 0.15) is 53.1 Å². The largest absolute Gasteiger partial charge is 0.322 e. The monoisotopic (exact) mass is 521 g/mol. The maximum atomic E-state index is 15.1. The summed E-state index contributed by atoms with van der Waals surface area (Å²) in [7, 11) is -4.19. The molecule has 2 fully saturated rings. The number of benzene rings is 2. The number of rotatable bonds is 4. The molecule has 3 aliphatic heterocycles. The summed E-state index contributed by atoms with van der Waals surface area (Å²) in [6.45, 7) is 0.133. The van der Waals surface area contributed by atoms with E-state index in [2.05, 4.69) is 5.32 Å².